The molecule has 2 saturated heterocycles. The van der Waals surface area contributed by atoms with Crippen LogP contribution in [0.2, 0.25) is 0 Å². The average molecular weight is 322 g/mol. The van der Waals surface area contributed by atoms with Gasteiger partial charge in [0.1, 0.15) is 11.3 Å². The second kappa shape index (κ2) is 6.24. The Morgan fingerprint density at radius 3 is 2.70 bits per heavy atom. The highest BCUT2D eigenvalue weighted by Gasteiger charge is 2.44. The van der Waals surface area contributed by atoms with Gasteiger partial charge >= 0.3 is 0 Å². The summed E-state index contributed by atoms with van der Waals surface area (Å²) in [5, 5.41) is 14.3. The highest BCUT2D eigenvalue weighted by molar-refractivity contribution is 5.96. The summed E-state index contributed by atoms with van der Waals surface area (Å²) >= 11 is 0. The number of ether oxygens (including phenoxy) is 1. The molecule has 3 rings (SSSR count). The van der Waals surface area contributed by atoms with Crippen LogP contribution in [0.4, 0.5) is 0 Å². The van der Waals surface area contributed by atoms with E-state index < -0.39 is 11.7 Å². The Bertz CT molecular complexity index is 573. The summed E-state index contributed by atoms with van der Waals surface area (Å²) < 4.78 is 11.1. The number of piperidine rings is 1. The zero-order valence-corrected chi connectivity index (χ0v) is 14.2. The summed E-state index contributed by atoms with van der Waals surface area (Å²) in [7, 11) is 0. The highest BCUT2D eigenvalue weighted by atomic mass is 16.5. The molecule has 6 nitrogen and oxygen atoms in total. The fourth-order valence-electron chi connectivity index (χ4n) is 3.68. The number of amides is 1. The monoisotopic (exact) mass is 322 g/mol. The van der Waals surface area contributed by atoms with Gasteiger partial charge in [-0.25, -0.2) is 0 Å². The van der Waals surface area contributed by atoms with Crippen molar-refractivity contribution in [3.8, 4) is 0 Å². The molecule has 1 N–H and O–H groups in total. The Morgan fingerprint density at radius 2 is 2.09 bits per heavy atom. The number of aliphatic hydroxyl groups is 1. The van der Waals surface area contributed by atoms with Gasteiger partial charge in [-0.05, 0) is 38.5 Å². The van der Waals surface area contributed by atoms with Crippen LogP contribution in [0.15, 0.2) is 4.52 Å². The van der Waals surface area contributed by atoms with Crippen molar-refractivity contribution in [3.63, 3.8) is 0 Å². The molecule has 0 aliphatic carbocycles. The van der Waals surface area contributed by atoms with Crippen LogP contribution >= 0.6 is 0 Å². The van der Waals surface area contributed by atoms with E-state index in [1.807, 2.05) is 18.7 Å². The van der Waals surface area contributed by atoms with E-state index in [1.54, 1.807) is 6.92 Å². The van der Waals surface area contributed by atoms with E-state index in [1.165, 1.54) is 0 Å². The van der Waals surface area contributed by atoms with E-state index in [9.17, 15) is 9.90 Å². The second-order valence-electron chi connectivity index (χ2n) is 7.02. The van der Waals surface area contributed by atoms with E-state index in [0.29, 0.717) is 43.9 Å². The number of carbonyl (C=O) groups is 1. The molecule has 1 aromatic rings. The first-order valence-corrected chi connectivity index (χ1v) is 8.52. The van der Waals surface area contributed by atoms with Crippen LogP contribution in [-0.4, -0.2) is 52.5 Å². The molecule has 3 heterocycles. The lowest BCUT2D eigenvalue weighted by Gasteiger charge is -2.46. The number of carbonyl (C=O) groups excluding carboxylic acids is 1. The highest BCUT2D eigenvalue weighted by Crippen LogP contribution is 2.36. The van der Waals surface area contributed by atoms with Gasteiger partial charge in [0.2, 0.25) is 0 Å². The molecular formula is C17H26N2O4. The smallest absolute Gasteiger partial charge is 0.259 e. The Morgan fingerprint density at radius 1 is 1.39 bits per heavy atom. The van der Waals surface area contributed by atoms with Crippen LogP contribution in [0, 0.1) is 6.92 Å². The minimum atomic E-state index is -0.459. The van der Waals surface area contributed by atoms with Gasteiger partial charge in [0, 0.05) is 19.7 Å². The number of nitrogens with zero attached hydrogens (tertiary/aromatic N) is 2. The molecular weight excluding hydrogens is 296 g/mol. The predicted molar refractivity (Wildman–Crippen MR) is 84.4 cm³/mol. The maximum Gasteiger partial charge on any atom is 0.259 e. The molecule has 0 unspecified atom stereocenters. The van der Waals surface area contributed by atoms with Crippen molar-refractivity contribution < 1.29 is 19.2 Å². The lowest BCUT2D eigenvalue weighted by Crippen LogP contribution is -2.56. The summed E-state index contributed by atoms with van der Waals surface area (Å²) in [6, 6.07) is 0. The standard InChI is InChI=1S/C17H26N2O4/c1-11(2)15-14(12(3)23-18-15)16(21)19-8-6-17(7-9-19)13(20)5-4-10-22-17/h11,13,20H,4-10H2,1-3H3/t13-/m0/s1. The van der Waals surface area contributed by atoms with Crippen molar-refractivity contribution in [2.75, 3.05) is 19.7 Å². The molecule has 0 radical (unpaired) electrons. The van der Waals surface area contributed by atoms with E-state index >= 15 is 0 Å². The van der Waals surface area contributed by atoms with Gasteiger partial charge in [0.15, 0.2) is 0 Å². The zero-order chi connectivity index (χ0) is 16.6. The third kappa shape index (κ3) is 2.90. The van der Waals surface area contributed by atoms with Gasteiger partial charge in [0.25, 0.3) is 5.91 Å². The molecule has 1 amide bonds. The minimum absolute atomic E-state index is 0.0207. The number of aromatic nitrogens is 1. The summed E-state index contributed by atoms with van der Waals surface area (Å²) in [4.78, 5) is 14.7. The van der Waals surface area contributed by atoms with Gasteiger partial charge in [-0.3, -0.25) is 4.79 Å². The molecule has 0 aromatic carbocycles. The van der Waals surface area contributed by atoms with Crippen LogP contribution in [0.3, 0.4) is 0 Å². The predicted octanol–water partition coefficient (Wildman–Crippen LogP) is 2.25. The number of hydrogen-bond acceptors (Lipinski definition) is 5. The molecule has 1 spiro atoms. The van der Waals surface area contributed by atoms with Gasteiger partial charge in [-0.2, -0.15) is 0 Å². The van der Waals surface area contributed by atoms with Crippen LogP contribution in [0.5, 0.6) is 0 Å². The SMILES string of the molecule is Cc1onc(C(C)C)c1C(=O)N1CCC2(CC1)OCCC[C@@H]2O. The zero-order valence-electron chi connectivity index (χ0n) is 14.2. The lowest BCUT2D eigenvalue weighted by molar-refractivity contribution is -0.174. The molecule has 0 saturated carbocycles. The van der Waals surface area contributed by atoms with Crippen molar-refractivity contribution in [1.29, 1.82) is 0 Å². The second-order valence-corrected chi connectivity index (χ2v) is 7.02. The van der Waals surface area contributed by atoms with Crippen molar-refractivity contribution >= 4 is 5.91 Å². The van der Waals surface area contributed by atoms with Crippen molar-refractivity contribution in [3.05, 3.63) is 17.0 Å². The maximum absolute atomic E-state index is 12.9. The average Bonchev–Trinajstić information content (AvgIpc) is 2.92. The van der Waals surface area contributed by atoms with Gasteiger partial charge in [0.05, 0.1) is 17.4 Å². The van der Waals surface area contributed by atoms with Crippen LogP contribution < -0.4 is 0 Å². The van der Waals surface area contributed by atoms with Gasteiger partial charge in [-0.15, -0.1) is 0 Å². The third-order valence-corrected chi connectivity index (χ3v) is 5.17. The number of aliphatic hydroxyl groups excluding tert-OH is 1. The van der Waals surface area contributed by atoms with E-state index in [-0.39, 0.29) is 11.8 Å². The van der Waals surface area contributed by atoms with Crippen LogP contribution in [-0.2, 0) is 4.74 Å². The minimum Gasteiger partial charge on any atom is -0.390 e. The Labute approximate surface area is 136 Å². The molecule has 2 fully saturated rings. The quantitative estimate of drug-likeness (QED) is 0.904. The molecule has 23 heavy (non-hydrogen) atoms. The number of hydrogen-bond donors (Lipinski definition) is 1. The molecule has 1 aromatic heterocycles. The fraction of sp³-hybridized carbons (Fsp3) is 0.765. The number of rotatable bonds is 2. The van der Waals surface area contributed by atoms with E-state index in [2.05, 4.69) is 5.16 Å². The number of aryl methyl sites for hydroxylation is 1. The summed E-state index contributed by atoms with van der Waals surface area (Å²) in [5.74, 6) is 0.701. The first-order chi connectivity index (χ1) is 10.9. The molecule has 2 aliphatic rings. The molecule has 2 aliphatic heterocycles. The normalized spacial score (nSPS) is 24.4. The van der Waals surface area contributed by atoms with Crippen molar-refractivity contribution in [2.24, 2.45) is 0 Å². The largest absolute Gasteiger partial charge is 0.390 e. The first kappa shape index (κ1) is 16.5. The van der Waals surface area contributed by atoms with Crippen LogP contribution in [0.25, 0.3) is 0 Å². The molecule has 1 atom stereocenters. The van der Waals surface area contributed by atoms with Gasteiger partial charge in [-0.1, -0.05) is 19.0 Å². The molecule has 128 valence electrons. The Hall–Kier alpha value is -1.40. The van der Waals surface area contributed by atoms with Gasteiger partial charge < -0.3 is 19.3 Å². The summed E-state index contributed by atoms with van der Waals surface area (Å²) in [6.45, 7) is 7.69. The molecule has 0 bridgehead atoms. The van der Waals surface area contributed by atoms with E-state index in [0.717, 1.165) is 18.5 Å². The first-order valence-electron chi connectivity index (χ1n) is 8.52. The Kier molecular flexibility index (Phi) is 4.47. The van der Waals surface area contributed by atoms with Crippen molar-refractivity contribution in [2.45, 2.75) is 64.1 Å². The lowest BCUT2D eigenvalue weighted by atomic mass is 9.82. The van der Waals surface area contributed by atoms with Crippen LogP contribution in [0.1, 0.15) is 67.3 Å². The Balaban J connectivity index is 1.73. The maximum atomic E-state index is 12.9. The molecule has 6 heteroatoms. The topological polar surface area (TPSA) is 75.8 Å². The van der Waals surface area contributed by atoms with E-state index in [4.69, 9.17) is 9.26 Å². The fourth-order valence-corrected chi connectivity index (χ4v) is 3.68. The third-order valence-electron chi connectivity index (χ3n) is 5.17. The number of likely N-dealkylation sites (tertiary alicyclic amines) is 1. The summed E-state index contributed by atoms with van der Waals surface area (Å²) in [6.07, 6.45) is 2.64. The van der Waals surface area contributed by atoms with Crippen molar-refractivity contribution in [1.82, 2.24) is 10.1 Å². The summed E-state index contributed by atoms with van der Waals surface area (Å²) in [5.41, 5.74) is 0.863.